The molecule has 0 saturated carbocycles. The maximum atomic E-state index is 13.3. The number of azo groups is 1. The summed E-state index contributed by atoms with van der Waals surface area (Å²) < 4.78 is 60.3. The molecule has 0 radical (unpaired) electrons. The molecule has 0 spiro atoms. The van der Waals surface area contributed by atoms with Crippen LogP contribution in [0.2, 0.25) is 0 Å². The van der Waals surface area contributed by atoms with E-state index in [2.05, 4.69) is 10.2 Å². The van der Waals surface area contributed by atoms with Crippen LogP contribution in [0.5, 0.6) is 5.75 Å². The van der Waals surface area contributed by atoms with Gasteiger partial charge in [0.1, 0.15) is 16.3 Å². The Bertz CT molecular complexity index is 1490. The number of hydrogen-bond donors (Lipinski definition) is 2. The van der Waals surface area contributed by atoms with Gasteiger partial charge in [0, 0.05) is 18.5 Å². The molecule has 0 aromatic heterocycles. The van der Waals surface area contributed by atoms with Crippen LogP contribution < -0.4 is 40.4 Å². The standard InChI is InChI=1S/C22H24N4O6S2.Na/c23-17-10-9-15-13-16(34(30,31)32)14-19(27)21(15)22(17)25-24-18-7-3-4-8-20(18)33(28,29)26-11-5-1-2-6-12-26;/h3-4,7-10,13-14,27H,1-2,5-6,11-12,23H2,(H,30,31,32);/q;+1/p-1. The molecule has 13 heteroatoms. The van der Waals surface area contributed by atoms with Crippen LogP contribution in [0.25, 0.3) is 10.8 Å². The average molecular weight is 527 g/mol. The number of sulfonamides is 1. The van der Waals surface area contributed by atoms with E-state index in [0.29, 0.717) is 13.1 Å². The Morgan fingerprint density at radius 3 is 2.23 bits per heavy atom. The predicted octanol–water partition coefficient (Wildman–Crippen LogP) is 0.726. The van der Waals surface area contributed by atoms with Gasteiger partial charge in [-0.2, -0.15) is 12.7 Å². The Morgan fingerprint density at radius 2 is 1.57 bits per heavy atom. The van der Waals surface area contributed by atoms with Crippen LogP contribution in [0, 0.1) is 0 Å². The Kier molecular flexibility index (Phi) is 8.58. The van der Waals surface area contributed by atoms with E-state index in [1.165, 1.54) is 28.6 Å². The van der Waals surface area contributed by atoms with Crippen LogP contribution in [0.3, 0.4) is 0 Å². The number of benzene rings is 3. The third kappa shape index (κ3) is 5.85. The van der Waals surface area contributed by atoms with Gasteiger partial charge >= 0.3 is 29.6 Å². The fourth-order valence-electron chi connectivity index (χ4n) is 3.94. The van der Waals surface area contributed by atoms with Crippen molar-refractivity contribution in [1.29, 1.82) is 0 Å². The van der Waals surface area contributed by atoms with Gasteiger partial charge in [-0.25, -0.2) is 8.42 Å². The van der Waals surface area contributed by atoms with Gasteiger partial charge in [-0.1, -0.05) is 36.8 Å². The summed E-state index contributed by atoms with van der Waals surface area (Å²) in [5, 5.41) is 21.1. The number of rotatable bonds is 5. The first-order chi connectivity index (χ1) is 16.1. The topological polar surface area (TPSA) is 166 Å². The van der Waals surface area contributed by atoms with Gasteiger partial charge < -0.3 is 10.8 Å². The zero-order valence-corrected chi connectivity index (χ0v) is 22.7. The van der Waals surface area contributed by atoms with Crippen molar-refractivity contribution in [2.24, 2.45) is 10.2 Å². The Hall–Kier alpha value is -2.06. The first kappa shape index (κ1) is 27.5. The van der Waals surface area contributed by atoms with Crippen molar-refractivity contribution in [3.8, 4) is 5.75 Å². The monoisotopic (exact) mass is 526 g/mol. The third-order valence-corrected chi connectivity index (χ3v) is 8.44. The van der Waals surface area contributed by atoms with Gasteiger partial charge in [0.05, 0.1) is 10.6 Å². The van der Waals surface area contributed by atoms with Crippen molar-refractivity contribution in [3.05, 3.63) is 48.5 Å². The van der Waals surface area contributed by atoms with Crippen molar-refractivity contribution >= 4 is 48.0 Å². The van der Waals surface area contributed by atoms with Gasteiger partial charge in [-0.05, 0) is 48.6 Å². The summed E-state index contributed by atoms with van der Waals surface area (Å²) in [5.74, 6) is -0.725. The molecule has 180 valence electrons. The van der Waals surface area contributed by atoms with Gasteiger partial charge in [-0.15, -0.1) is 10.2 Å². The summed E-state index contributed by atoms with van der Waals surface area (Å²) in [6, 6.07) is 10.9. The molecule has 1 aliphatic heterocycles. The first-order valence-electron chi connectivity index (χ1n) is 10.6. The molecule has 3 N–H and O–H groups in total. The molecule has 3 aromatic rings. The number of nitrogens with zero attached hydrogens (tertiary/aromatic N) is 3. The van der Waals surface area contributed by atoms with Crippen LogP contribution >= 0.6 is 0 Å². The second-order valence-corrected chi connectivity index (χ2v) is 11.3. The van der Waals surface area contributed by atoms with Crippen molar-refractivity contribution in [2.45, 2.75) is 35.5 Å². The van der Waals surface area contributed by atoms with Crippen LogP contribution in [0.1, 0.15) is 25.7 Å². The van der Waals surface area contributed by atoms with Crippen LogP contribution in [-0.4, -0.2) is 38.8 Å². The average Bonchev–Trinajstić information content (AvgIpc) is 3.08. The number of hydrogen-bond acceptors (Lipinski definition) is 8. The molecule has 35 heavy (non-hydrogen) atoms. The van der Waals surface area contributed by atoms with E-state index >= 15 is 0 Å². The van der Waals surface area contributed by atoms with Crippen molar-refractivity contribution in [1.82, 2.24) is 4.31 Å². The smallest absolute Gasteiger partial charge is 0.872 e. The van der Waals surface area contributed by atoms with E-state index in [0.717, 1.165) is 37.8 Å². The fourth-order valence-corrected chi connectivity index (χ4v) is 6.11. The Balaban J connectivity index is 0.00000342. The van der Waals surface area contributed by atoms with Crippen LogP contribution in [0.4, 0.5) is 17.1 Å². The van der Waals surface area contributed by atoms with E-state index in [1.807, 2.05) is 0 Å². The Labute approximate surface area is 225 Å². The summed E-state index contributed by atoms with van der Waals surface area (Å²) >= 11 is 0. The molecular formula is C22H23N4NaO6S2. The van der Waals surface area contributed by atoms with Crippen LogP contribution in [-0.2, 0) is 20.1 Å². The number of anilines is 1. The SMILES string of the molecule is Nc1ccc2cc(S(=O)(=O)O)cc([O-])c2c1N=Nc1ccccc1S(=O)(=O)N1CCCCCC1.[Na+]. The number of nitrogens with two attached hydrogens (primary N) is 1. The summed E-state index contributed by atoms with van der Waals surface area (Å²) in [6.45, 7) is 0.861. The van der Waals surface area contributed by atoms with E-state index < -0.39 is 30.8 Å². The molecule has 1 heterocycles. The maximum Gasteiger partial charge on any atom is 1.00 e. The number of nitrogen functional groups attached to an aromatic ring is 1. The molecule has 1 saturated heterocycles. The molecule has 0 atom stereocenters. The molecule has 0 amide bonds. The third-order valence-electron chi connectivity index (χ3n) is 5.66. The van der Waals surface area contributed by atoms with E-state index in [9.17, 15) is 26.5 Å². The van der Waals surface area contributed by atoms with Gasteiger partial charge in [0.25, 0.3) is 10.1 Å². The van der Waals surface area contributed by atoms with E-state index in [-0.39, 0.29) is 62.3 Å². The normalized spacial score (nSPS) is 15.7. The number of fused-ring (bicyclic) bond motifs is 1. The molecule has 10 nitrogen and oxygen atoms in total. The fraction of sp³-hybridized carbons (Fsp3) is 0.273. The molecule has 3 aromatic carbocycles. The van der Waals surface area contributed by atoms with Gasteiger partial charge in [0.15, 0.2) is 0 Å². The molecular weight excluding hydrogens is 503 g/mol. The minimum absolute atomic E-state index is 0. The van der Waals surface area contributed by atoms with Crippen molar-refractivity contribution in [3.63, 3.8) is 0 Å². The van der Waals surface area contributed by atoms with E-state index in [4.69, 9.17) is 5.73 Å². The second kappa shape index (κ2) is 10.9. The second-order valence-electron chi connectivity index (χ2n) is 7.98. The van der Waals surface area contributed by atoms with Crippen molar-refractivity contribution < 1.29 is 56.1 Å². The zero-order chi connectivity index (χ0) is 24.5. The minimum atomic E-state index is -4.59. The van der Waals surface area contributed by atoms with Crippen molar-refractivity contribution in [2.75, 3.05) is 18.8 Å². The quantitative estimate of drug-likeness (QED) is 0.214. The predicted molar refractivity (Wildman–Crippen MR) is 125 cm³/mol. The van der Waals surface area contributed by atoms with Crippen LogP contribution in [0.15, 0.2) is 68.6 Å². The largest absolute Gasteiger partial charge is 1.00 e. The maximum absolute atomic E-state index is 13.3. The summed E-state index contributed by atoms with van der Waals surface area (Å²) in [5.41, 5.74) is 6.18. The van der Waals surface area contributed by atoms with Gasteiger partial charge in [-0.3, -0.25) is 4.55 Å². The minimum Gasteiger partial charge on any atom is -0.872 e. The summed E-state index contributed by atoms with van der Waals surface area (Å²) in [6.07, 6.45) is 3.52. The molecule has 1 fully saturated rings. The first-order valence-corrected chi connectivity index (χ1v) is 13.5. The van der Waals surface area contributed by atoms with Gasteiger partial charge in [0.2, 0.25) is 10.0 Å². The molecule has 4 rings (SSSR count). The van der Waals surface area contributed by atoms with E-state index in [1.54, 1.807) is 12.1 Å². The molecule has 0 aliphatic carbocycles. The zero-order valence-electron chi connectivity index (χ0n) is 19.1. The summed E-state index contributed by atoms with van der Waals surface area (Å²) in [7, 11) is -8.40. The molecule has 1 aliphatic rings. The molecule has 0 bridgehead atoms. The molecule has 0 unspecified atom stereocenters. The Morgan fingerprint density at radius 1 is 0.914 bits per heavy atom. The summed E-state index contributed by atoms with van der Waals surface area (Å²) in [4.78, 5) is -0.554.